The third-order valence-electron chi connectivity index (χ3n) is 9.05. The highest BCUT2D eigenvalue weighted by Crippen LogP contribution is 2.24. The van der Waals surface area contributed by atoms with E-state index in [9.17, 15) is 0 Å². The molecule has 0 radical (unpaired) electrons. The Balaban J connectivity index is 0.000000100. The highest BCUT2D eigenvalue weighted by Gasteiger charge is 2.16. The smallest absolute Gasteiger partial charge is 0.136 e. The van der Waals surface area contributed by atoms with Gasteiger partial charge < -0.3 is 4.40 Å². The van der Waals surface area contributed by atoms with Gasteiger partial charge in [0.15, 0.2) is 0 Å². The topological polar surface area (TPSA) is 106 Å². The number of rotatable bonds is 0. The van der Waals surface area contributed by atoms with Gasteiger partial charge in [-0.05, 0) is 96.7 Å². The van der Waals surface area contributed by atoms with E-state index in [1.807, 2.05) is 114 Å². The summed E-state index contributed by atoms with van der Waals surface area (Å²) in [5.74, 6) is 0. The van der Waals surface area contributed by atoms with Gasteiger partial charge in [-0.3, -0.25) is 15.0 Å². The van der Waals surface area contributed by atoms with E-state index in [0.29, 0.717) is 0 Å². The van der Waals surface area contributed by atoms with Crippen LogP contribution in [0, 0.1) is 0 Å². The van der Waals surface area contributed by atoms with E-state index in [2.05, 4.69) is 64.2 Å². The average molecular weight is 728 g/mol. The Labute approximate surface area is 318 Å². The van der Waals surface area contributed by atoms with Gasteiger partial charge in [-0.15, -0.1) is 11.3 Å². The normalized spacial score (nSPS) is 13.9. The highest BCUT2D eigenvalue weighted by molar-refractivity contribution is 7.17. The maximum Gasteiger partial charge on any atom is 0.136 e. The summed E-state index contributed by atoms with van der Waals surface area (Å²) in [7, 11) is 0. The Hall–Kier alpha value is -6.26. The lowest BCUT2D eigenvalue weighted by Gasteiger charge is -1.92. The molecular formula is C44H41N9S. The number of allylic oxidation sites excluding steroid dienone is 1. The van der Waals surface area contributed by atoms with Gasteiger partial charge in [-0.25, -0.2) is 24.9 Å². The van der Waals surface area contributed by atoms with E-state index in [1.54, 1.807) is 30.2 Å². The number of hydrogen-bond acceptors (Lipinski definition) is 9. The molecule has 4 aliphatic rings. The van der Waals surface area contributed by atoms with E-state index >= 15 is 0 Å². The molecule has 0 spiro atoms. The molecule has 0 unspecified atom stereocenters. The van der Waals surface area contributed by atoms with Crippen LogP contribution in [0.15, 0.2) is 162 Å². The molecule has 8 heterocycles. The quantitative estimate of drug-likeness (QED) is 0.157. The summed E-state index contributed by atoms with van der Waals surface area (Å²) in [5.41, 5.74) is 8.73. The van der Waals surface area contributed by atoms with Gasteiger partial charge in [0.1, 0.15) is 18.3 Å². The summed E-state index contributed by atoms with van der Waals surface area (Å²) in [4.78, 5) is 32.8. The van der Waals surface area contributed by atoms with Crippen molar-refractivity contribution >= 4 is 49.9 Å². The zero-order valence-corrected chi connectivity index (χ0v) is 30.8. The first kappa shape index (κ1) is 36.1. The van der Waals surface area contributed by atoms with Crippen molar-refractivity contribution in [2.75, 3.05) is 13.1 Å². The molecule has 9 nitrogen and oxygen atoms in total. The van der Waals surface area contributed by atoms with Crippen molar-refractivity contribution in [1.29, 1.82) is 0 Å². The van der Waals surface area contributed by atoms with E-state index in [4.69, 9.17) is 0 Å². The summed E-state index contributed by atoms with van der Waals surface area (Å²) < 4.78 is 3.12. The Morgan fingerprint density at radius 2 is 1.43 bits per heavy atom. The molecule has 268 valence electrons. The molecule has 2 aliphatic carbocycles. The van der Waals surface area contributed by atoms with Crippen molar-refractivity contribution in [3.63, 3.8) is 0 Å². The Kier molecular flexibility index (Phi) is 12.7. The molecular weight excluding hydrogens is 687 g/mol. The van der Waals surface area contributed by atoms with Crippen molar-refractivity contribution in [1.82, 2.24) is 34.3 Å². The molecule has 1 saturated carbocycles. The average Bonchev–Trinajstić information content (AvgIpc) is 4.09. The van der Waals surface area contributed by atoms with Gasteiger partial charge in [0, 0.05) is 54.0 Å². The van der Waals surface area contributed by atoms with E-state index in [0.717, 1.165) is 45.2 Å². The standard InChI is InChI=1S/C8H6N2.C8H9N.C8H7N.C7H6N2.C7H9N.C6H4N2S/c1-2-4-8-7(3-1)5-9-6-10-8;1-3-7-4-2-6-9-8(7)5-1;1-2-4-8-7(3-1)5-6-9-8;1-2-5-9-6-4-8-7(9)3-1;1-2-6-4-5-8-7(6)3-1;1-2-9-6-3-7-4-8-5(1)6/h1-6H;2,4,6H,1,3,5H2;1-5H,6H2;1-6H;4H,1-3,5H2;1-4H. The van der Waals surface area contributed by atoms with Crippen LogP contribution in [-0.4, -0.2) is 53.1 Å². The number of aliphatic imine (C=N–C) groups is 1. The van der Waals surface area contributed by atoms with Gasteiger partial charge in [0.2, 0.25) is 0 Å². The number of imidazole rings is 1. The zero-order chi connectivity index (χ0) is 36.6. The summed E-state index contributed by atoms with van der Waals surface area (Å²) in [5, 5.41) is 5.51. The van der Waals surface area contributed by atoms with Crippen molar-refractivity contribution in [2.24, 2.45) is 9.98 Å². The summed E-state index contributed by atoms with van der Waals surface area (Å²) in [6.45, 7) is 1.82. The second-order valence-corrected chi connectivity index (χ2v) is 13.6. The Bertz CT molecular complexity index is 2340. The number of nitrogens with zero attached hydrogens (tertiary/aromatic N) is 9. The highest BCUT2D eigenvalue weighted by atomic mass is 32.1. The fraction of sp³-hybridized carbons (Fsp3) is 0.182. The van der Waals surface area contributed by atoms with Gasteiger partial charge in [-0.2, -0.15) is 0 Å². The van der Waals surface area contributed by atoms with Crippen LogP contribution in [0.4, 0.5) is 0 Å². The summed E-state index contributed by atoms with van der Waals surface area (Å²) in [6.07, 6.45) is 26.3. The number of para-hydroxylation sites is 2. The first-order valence-electron chi connectivity index (χ1n) is 18.2. The number of benzene rings is 2. The number of aromatic nitrogens is 7. The monoisotopic (exact) mass is 727 g/mol. The van der Waals surface area contributed by atoms with Crippen LogP contribution in [0.3, 0.4) is 0 Å². The zero-order valence-electron chi connectivity index (χ0n) is 30.0. The van der Waals surface area contributed by atoms with Crippen LogP contribution in [-0.2, 0) is 12.8 Å². The van der Waals surface area contributed by atoms with Crippen LogP contribution < -0.4 is 10.6 Å². The van der Waals surface area contributed by atoms with Crippen LogP contribution in [0.25, 0.3) is 32.8 Å². The fourth-order valence-corrected chi connectivity index (χ4v) is 7.04. The lowest BCUT2D eigenvalue weighted by Crippen LogP contribution is -2.19. The molecule has 2 aromatic carbocycles. The molecule has 10 heteroatoms. The molecule has 0 N–H and O–H groups in total. The van der Waals surface area contributed by atoms with Gasteiger partial charge in [0.05, 0.1) is 34.2 Å². The third-order valence-corrected chi connectivity index (χ3v) is 9.89. The number of thiophene rings is 1. The van der Waals surface area contributed by atoms with Gasteiger partial charge in [0.25, 0.3) is 0 Å². The maximum absolute atomic E-state index is 4.32. The van der Waals surface area contributed by atoms with Crippen molar-refractivity contribution in [2.45, 2.75) is 38.5 Å². The summed E-state index contributed by atoms with van der Waals surface area (Å²) >= 11 is 1.66. The maximum atomic E-state index is 4.32. The van der Waals surface area contributed by atoms with Crippen molar-refractivity contribution < 1.29 is 0 Å². The number of aryl methyl sites for hydroxylation is 2. The lowest BCUT2D eigenvalue weighted by molar-refractivity contribution is 0.899. The molecule has 2 aliphatic heterocycles. The minimum absolute atomic E-state index is 0.860. The van der Waals surface area contributed by atoms with Gasteiger partial charge >= 0.3 is 0 Å². The van der Waals surface area contributed by atoms with E-state index in [1.165, 1.54) is 66.3 Å². The fourth-order valence-electron chi connectivity index (χ4n) is 6.34. The summed E-state index contributed by atoms with van der Waals surface area (Å²) in [6, 6.07) is 28.2. The van der Waals surface area contributed by atoms with Crippen LogP contribution in [0.5, 0.6) is 0 Å². The Morgan fingerprint density at radius 3 is 2.30 bits per heavy atom. The lowest BCUT2D eigenvalue weighted by atomic mass is 10.2. The second kappa shape index (κ2) is 19.0. The molecule has 12 rings (SSSR count). The van der Waals surface area contributed by atoms with Crippen LogP contribution in [0.2, 0.25) is 0 Å². The van der Waals surface area contributed by atoms with E-state index < -0.39 is 0 Å². The molecule has 0 amide bonds. The predicted molar refractivity (Wildman–Crippen MR) is 219 cm³/mol. The molecule has 0 atom stereocenters. The van der Waals surface area contributed by atoms with E-state index in [-0.39, 0.29) is 0 Å². The number of fused-ring (bicyclic) bond motifs is 6. The predicted octanol–water partition coefficient (Wildman–Crippen LogP) is 7.88. The first-order valence-corrected chi connectivity index (χ1v) is 19.1. The molecule has 8 aromatic rings. The van der Waals surface area contributed by atoms with Gasteiger partial charge in [-0.1, -0.05) is 60.7 Å². The molecule has 0 saturated heterocycles. The van der Waals surface area contributed by atoms with Crippen molar-refractivity contribution in [3.05, 3.63) is 174 Å². The minimum Gasteiger partial charge on any atom is -0.307 e. The largest absolute Gasteiger partial charge is 0.307 e. The van der Waals surface area contributed by atoms with Crippen molar-refractivity contribution in [3.8, 4) is 0 Å². The third kappa shape index (κ3) is 9.99. The molecule has 54 heavy (non-hydrogen) atoms. The SMILES string of the molecule is C1=C2CCCC2=NC1.C1=c2ccccc2=NC1.c1ccc2ncncc2c1.c1ccn2ccnc2c1.c1cnc2c(c1)CCC2.c1ncc2sccc2n1. The second-order valence-electron chi connectivity index (χ2n) is 12.6. The Morgan fingerprint density at radius 1 is 0.593 bits per heavy atom. The molecule has 0 bridgehead atoms. The molecule has 1 fully saturated rings. The molecule has 6 aromatic heterocycles. The minimum atomic E-state index is 0.860. The van der Waals surface area contributed by atoms with Crippen LogP contribution >= 0.6 is 11.3 Å². The first-order chi connectivity index (χ1) is 26.8. The van der Waals surface area contributed by atoms with Crippen LogP contribution in [0.1, 0.15) is 36.9 Å². The number of hydrogen-bond donors (Lipinski definition) is 0. The number of pyridine rings is 2.